The first-order valence-corrected chi connectivity index (χ1v) is 6.63. The fourth-order valence-corrected chi connectivity index (χ4v) is 0.824. The summed E-state index contributed by atoms with van der Waals surface area (Å²) in [6.45, 7) is 18.5. The van der Waals surface area contributed by atoms with Gasteiger partial charge in [0.05, 0.1) is 0 Å². The maximum atomic E-state index is 4.00. The number of hydrogen-bond acceptors (Lipinski definition) is 0. The highest BCUT2D eigenvalue weighted by molar-refractivity contribution is 5.20. The highest BCUT2D eigenvalue weighted by Crippen LogP contribution is 2.02. The number of terminal acetylenes is 1. The molecule has 0 unspecified atom stereocenters. The molecule has 1 rings (SSSR count). The van der Waals surface area contributed by atoms with Crippen molar-refractivity contribution in [3.8, 4) is 12.8 Å². The van der Waals surface area contributed by atoms with Crippen LogP contribution >= 0.6 is 0 Å². The molecule has 0 amide bonds. The Labute approximate surface area is 116 Å². The third-order valence-electron chi connectivity index (χ3n) is 1.53. The molecule has 0 aliphatic heterocycles. The van der Waals surface area contributed by atoms with E-state index in [-0.39, 0.29) is 0 Å². The fourth-order valence-electron chi connectivity index (χ4n) is 0.824. The molecule has 0 saturated heterocycles. The van der Waals surface area contributed by atoms with Crippen LogP contribution in [0.15, 0.2) is 37.4 Å². The van der Waals surface area contributed by atoms with Gasteiger partial charge in [0.2, 0.25) is 0 Å². The van der Waals surface area contributed by atoms with Crippen molar-refractivity contribution in [2.75, 3.05) is 0 Å². The van der Waals surface area contributed by atoms with Gasteiger partial charge in [-0.25, -0.2) is 0 Å². The first kappa shape index (κ1) is 25.4. The summed E-state index contributed by atoms with van der Waals surface area (Å²) in [7, 11) is 0. The minimum absolute atomic E-state index is 1.14. The minimum atomic E-state index is 1.14. The van der Waals surface area contributed by atoms with Crippen LogP contribution in [-0.2, 0) is 6.42 Å². The zero-order valence-corrected chi connectivity index (χ0v) is 13.3. The van der Waals surface area contributed by atoms with E-state index in [1.54, 1.807) is 0 Å². The quantitative estimate of drug-likeness (QED) is 0.419. The summed E-state index contributed by atoms with van der Waals surface area (Å²) in [5.74, 6) is 0. The van der Waals surface area contributed by atoms with E-state index in [4.69, 9.17) is 0 Å². The van der Waals surface area contributed by atoms with E-state index in [0.717, 1.165) is 6.42 Å². The van der Waals surface area contributed by atoms with Crippen molar-refractivity contribution in [1.82, 2.24) is 0 Å². The maximum Gasteiger partial charge on any atom is -0.0307 e. The molecule has 0 N–H and O–H groups in total. The highest BCUT2D eigenvalue weighted by Gasteiger charge is 1.84. The standard InChI is InChI=1S/C9H12.C3H8.C2H6.C2H4.C2H2/c1-3-9-6-4-8(2)5-7-9;1-3-2;3*1-2/h4-7H,3H2,1-2H3;3H2,1-2H3;1-2H3;1-2H2;1-2H. The van der Waals surface area contributed by atoms with Crippen molar-refractivity contribution in [2.24, 2.45) is 0 Å². The van der Waals surface area contributed by atoms with Gasteiger partial charge >= 0.3 is 0 Å². The Balaban J connectivity index is -0.0000000925. The summed E-state index contributed by atoms with van der Waals surface area (Å²) < 4.78 is 0. The van der Waals surface area contributed by atoms with Crippen LogP contribution in [-0.4, -0.2) is 0 Å². The molecule has 0 nitrogen and oxygen atoms in total. The lowest BCUT2D eigenvalue weighted by Gasteiger charge is -1.94. The second-order valence-electron chi connectivity index (χ2n) is 3.05. The van der Waals surface area contributed by atoms with Gasteiger partial charge < -0.3 is 0 Å². The Hall–Kier alpha value is -1.48. The molecular formula is C18H32. The third kappa shape index (κ3) is 24.0. The molecule has 1 aromatic carbocycles. The van der Waals surface area contributed by atoms with E-state index in [1.807, 2.05) is 13.8 Å². The molecule has 0 heterocycles. The summed E-state index contributed by atoms with van der Waals surface area (Å²) in [6.07, 6.45) is 10.4. The van der Waals surface area contributed by atoms with Crippen LogP contribution < -0.4 is 0 Å². The number of aryl methyl sites for hydroxylation is 2. The molecule has 0 aliphatic carbocycles. The van der Waals surface area contributed by atoms with Gasteiger partial charge in [-0.1, -0.05) is 70.9 Å². The second-order valence-corrected chi connectivity index (χ2v) is 3.05. The molecule has 0 saturated carbocycles. The largest absolute Gasteiger partial charge is 0.124 e. The molecule has 104 valence electrons. The van der Waals surface area contributed by atoms with Gasteiger partial charge in [-0.3, -0.25) is 0 Å². The van der Waals surface area contributed by atoms with Gasteiger partial charge in [0, 0.05) is 0 Å². The molecule has 0 heteroatoms. The van der Waals surface area contributed by atoms with Crippen LogP contribution in [0.4, 0.5) is 0 Å². The number of rotatable bonds is 1. The monoisotopic (exact) mass is 248 g/mol. The average molecular weight is 248 g/mol. The minimum Gasteiger partial charge on any atom is -0.124 e. The molecule has 0 atom stereocenters. The normalized spacial score (nSPS) is 6.44. The molecule has 18 heavy (non-hydrogen) atoms. The Morgan fingerprint density at radius 1 is 0.889 bits per heavy atom. The van der Waals surface area contributed by atoms with Crippen LogP contribution in [0, 0.1) is 19.8 Å². The Bertz CT molecular complexity index is 228. The second kappa shape index (κ2) is 29.6. The van der Waals surface area contributed by atoms with Crippen molar-refractivity contribution in [1.29, 1.82) is 0 Å². The number of benzene rings is 1. The maximum absolute atomic E-state index is 4.00. The van der Waals surface area contributed by atoms with Gasteiger partial charge in [-0.05, 0) is 18.9 Å². The average Bonchev–Trinajstić information content (AvgIpc) is 2.47. The molecule has 0 fully saturated rings. The topological polar surface area (TPSA) is 0 Å². The SMILES string of the molecule is C#C.C=C.CC.CCC.CCc1ccc(C)cc1. The van der Waals surface area contributed by atoms with Gasteiger partial charge in [-0.2, -0.15) is 0 Å². The van der Waals surface area contributed by atoms with Crippen LogP contribution in [0.3, 0.4) is 0 Å². The summed E-state index contributed by atoms with van der Waals surface area (Å²) >= 11 is 0. The van der Waals surface area contributed by atoms with Crippen LogP contribution in [0.2, 0.25) is 0 Å². The Kier molecular flexibility index (Phi) is 41.7. The molecule has 0 aliphatic rings. The Morgan fingerprint density at radius 2 is 1.17 bits per heavy atom. The molecule has 0 bridgehead atoms. The highest BCUT2D eigenvalue weighted by atomic mass is 13.9. The predicted octanol–water partition coefficient (Wildman–Crippen LogP) is 6.05. The van der Waals surface area contributed by atoms with E-state index < -0.39 is 0 Å². The van der Waals surface area contributed by atoms with Crippen molar-refractivity contribution in [2.45, 2.75) is 54.4 Å². The smallest absolute Gasteiger partial charge is 0.0307 e. The van der Waals surface area contributed by atoms with E-state index in [1.165, 1.54) is 17.5 Å². The fraction of sp³-hybridized carbons (Fsp3) is 0.444. The van der Waals surface area contributed by atoms with Crippen molar-refractivity contribution in [3.63, 3.8) is 0 Å². The summed E-state index contributed by atoms with van der Waals surface area (Å²) in [5.41, 5.74) is 2.76. The third-order valence-corrected chi connectivity index (χ3v) is 1.53. The summed E-state index contributed by atoms with van der Waals surface area (Å²) in [6, 6.07) is 8.66. The predicted molar refractivity (Wildman–Crippen MR) is 89.0 cm³/mol. The van der Waals surface area contributed by atoms with Gasteiger partial charge in [0.15, 0.2) is 0 Å². The zero-order valence-electron chi connectivity index (χ0n) is 13.3. The molecule has 0 aromatic heterocycles. The van der Waals surface area contributed by atoms with Gasteiger partial charge in [0.25, 0.3) is 0 Å². The van der Waals surface area contributed by atoms with Gasteiger partial charge in [0.1, 0.15) is 0 Å². The first-order valence-electron chi connectivity index (χ1n) is 6.63. The molecule has 0 spiro atoms. The lowest BCUT2D eigenvalue weighted by molar-refractivity contribution is 1.09. The molecular weight excluding hydrogens is 216 g/mol. The number of hydrogen-bond donors (Lipinski definition) is 0. The van der Waals surface area contributed by atoms with Crippen LogP contribution in [0.5, 0.6) is 0 Å². The van der Waals surface area contributed by atoms with Gasteiger partial charge in [-0.15, -0.1) is 26.0 Å². The van der Waals surface area contributed by atoms with Crippen LogP contribution in [0.1, 0.15) is 52.2 Å². The lowest BCUT2D eigenvalue weighted by Crippen LogP contribution is -1.77. The van der Waals surface area contributed by atoms with Crippen LogP contribution in [0.25, 0.3) is 0 Å². The zero-order chi connectivity index (χ0) is 15.4. The summed E-state index contributed by atoms with van der Waals surface area (Å²) in [5, 5.41) is 0. The van der Waals surface area contributed by atoms with E-state index >= 15 is 0 Å². The first-order chi connectivity index (χ1) is 8.74. The summed E-state index contributed by atoms with van der Waals surface area (Å²) in [4.78, 5) is 0. The van der Waals surface area contributed by atoms with E-state index in [0.29, 0.717) is 0 Å². The van der Waals surface area contributed by atoms with Crippen molar-refractivity contribution < 1.29 is 0 Å². The van der Waals surface area contributed by atoms with E-state index in [2.05, 4.69) is 78.0 Å². The van der Waals surface area contributed by atoms with E-state index in [9.17, 15) is 0 Å². The van der Waals surface area contributed by atoms with Crippen molar-refractivity contribution in [3.05, 3.63) is 48.6 Å². The molecule has 1 aromatic rings. The van der Waals surface area contributed by atoms with Crippen molar-refractivity contribution >= 4 is 0 Å². The Morgan fingerprint density at radius 3 is 1.39 bits per heavy atom. The lowest BCUT2D eigenvalue weighted by atomic mass is 10.1. The molecule has 0 radical (unpaired) electrons.